The lowest BCUT2D eigenvalue weighted by atomic mass is 10.0. The van der Waals surface area contributed by atoms with Crippen LogP contribution < -0.4 is 0 Å². The molecule has 75 heavy (non-hydrogen) atoms. The molecule has 0 rings (SSSR count). The highest BCUT2D eigenvalue weighted by Gasteiger charge is 2.19. The summed E-state index contributed by atoms with van der Waals surface area (Å²) in [5.74, 6) is -0.962. The van der Waals surface area contributed by atoms with Crippen molar-refractivity contribution < 1.29 is 28.6 Å². The molecule has 6 nitrogen and oxygen atoms in total. The molecule has 0 aromatic carbocycles. The van der Waals surface area contributed by atoms with Gasteiger partial charge in [0.15, 0.2) is 6.10 Å². The normalized spacial score (nSPS) is 12.6. The lowest BCUT2D eigenvalue weighted by molar-refractivity contribution is -0.167. The fourth-order valence-corrected chi connectivity index (χ4v) is 9.10. The van der Waals surface area contributed by atoms with Crippen LogP contribution in [-0.2, 0) is 28.6 Å². The number of ether oxygens (including phenoxy) is 3. The van der Waals surface area contributed by atoms with Crippen LogP contribution in [0.1, 0.15) is 316 Å². The van der Waals surface area contributed by atoms with Crippen molar-refractivity contribution in [3.63, 3.8) is 0 Å². The van der Waals surface area contributed by atoms with Crippen LogP contribution >= 0.6 is 0 Å². The molecular formula is C69H120O6. The molecule has 1 unspecified atom stereocenters. The molecule has 0 radical (unpaired) electrons. The van der Waals surface area contributed by atoms with E-state index in [4.69, 9.17) is 14.2 Å². The van der Waals surface area contributed by atoms with Crippen molar-refractivity contribution in [1.29, 1.82) is 0 Å². The first-order valence-electron chi connectivity index (χ1n) is 32.1. The molecule has 1 atom stereocenters. The van der Waals surface area contributed by atoms with Crippen LogP contribution in [0.4, 0.5) is 0 Å². The topological polar surface area (TPSA) is 78.9 Å². The summed E-state index contributed by atoms with van der Waals surface area (Å²) in [6.45, 7) is 6.40. The standard InChI is InChI=1S/C69H120O6/c1-4-7-10-13-15-17-19-21-23-25-26-27-28-29-30-31-32-33-34-35-36-37-38-39-40-41-42-44-45-47-49-51-53-56-59-62-68(71)74-65-66(64-73-67(70)61-58-55-12-9-6-3)75-69(72)63-60-57-54-52-50-48-46-43-24-22-20-18-16-14-11-8-5-2/h8,11,16,18-19,21-22,24-26,46,48,52,54,66H,4-7,9-10,12-15,17,20,23,27-45,47,49-51,53,55-65H2,1-3H3/b11-8-,18-16-,21-19-,24-22-,26-25-,48-46-,54-52-. The summed E-state index contributed by atoms with van der Waals surface area (Å²) in [6.07, 6.45) is 83.9. The Kier molecular flexibility index (Phi) is 60.3. The van der Waals surface area contributed by atoms with Gasteiger partial charge >= 0.3 is 17.9 Å². The third-order valence-electron chi connectivity index (χ3n) is 13.9. The van der Waals surface area contributed by atoms with Crippen molar-refractivity contribution in [3.8, 4) is 0 Å². The molecule has 6 heteroatoms. The van der Waals surface area contributed by atoms with Gasteiger partial charge in [-0.15, -0.1) is 0 Å². The average Bonchev–Trinajstić information content (AvgIpc) is 3.41. The first kappa shape index (κ1) is 71.6. The zero-order valence-electron chi connectivity index (χ0n) is 49.6. The quantitative estimate of drug-likeness (QED) is 0.0261. The second-order valence-corrected chi connectivity index (χ2v) is 21.3. The largest absolute Gasteiger partial charge is 0.462 e. The fraction of sp³-hybridized carbons (Fsp3) is 0.754. The number of carbonyl (C=O) groups is 3. The first-order valence-corrected chi connectivity index (χ1v) is 32.1. The fourth-order valence-electron chi connectivity index (χ4n) is 9.10. The number of allylic oxidation sites excluding steroid dienone is 14. The van der Waals surface area contributed by atoms with E-state index in [-0.39, 0.29) is 37.5 Å². The number of hydrogen-bond acceptors (Lipinski definition) is 6. The van der Waals surface area contributed by atoms with Crippen LogP contribution in [0, 0.1) is 0 Å². The average molecular weight is 1050 g/mol. The van der Waals surface area contributed by atoms with Crippen LogP contribution in [-0.4, -0.2) is 37.2 Å². The maximum atomic E-state index is 12.8. The molecule has 0 saturated heterocycles. The van der Waals surface area contributed by atoms with Gasteiger partial charge in [0, 0.05) is 19.3 Å². The van der Waals surface area contributed by atoms with Gasteiger partial charge in [-0.05, 0) is 89.9 Å². The number of hydrogen-bond donors (Lipinski definition) is 0. The van der Waals surface area contributed by atoms with E-state index in [0.717, 1.165) is 96.3 Å². The van der Waals surface area contributed by atoms with Gasteiger partial charge in [0.25, 0.3) is 0 Å². The third-order valence-corrected chi connectivity index (χ3v) is 13.9. The molecule has 0 aromatic heterocycles. The van der Waals surface area contributed by atoms with Crippen molar-refractivity contribution in [3.05, 3.63) is 85.1 Å². The minimum atomic E-state index is -0.801. The Hall–Kier alpha value is -3.41. The van der Waals surface area contributed by atoms with E-state index in [9.17, 15) is 14.4 Å². The molecule has 0 saturated carbocycles. The van der Waals surface area contributed by atoms with Crippen molar-refractivity contribution >= 4 is 17.9 Å². The lowest BCUT2D eigenvalue weighted by Crippen LogP contribution is -2.30. The molecule has 0 aliphatic rings. The molecule has 0 bridgehead atoms. The molecule has 0 aliphatic carbocycles. The Bertz CT molecular complexity index is 1430. The second kappa shape index (κ2) is 63.1. The van der Waals surface area contributed by atoms with E-state index in [0.29, 0.717) is 19.3 Å². The molecule has 0 spiro atoms. The lowest BCUT2D eigenvalue weighted by Gasteiger charge is -2.18. The third kappa shape index (κ3) is 61.3. The van der Waals surface area contributed by atoms with Crippen LogP contribution in [0.2, 0.25) is 0 Å². The van der Waals surface area contributed by atoms with Gasteiger partial charge < -0.3 is 14.2 Å². The van der Waals surface area contributed by atoms with Gasteiger partial charge in [-0.2, -0.15) is 0 Å². The highest BCUT2D eigenvalue weighted by atomic mass is 16.6. The monoisotopic (exact) mass is 1040 g/mol. The van der Waals surface area contributed by atoms with Gasteiger partial charge in [0.05, 0.1) is 0 Å². The van der Waals surface area contributed by atoms with Crippen molar-refractivity contribution in [2.75, 3.05) is 13.2 Å². The van der Waals surface area contributed by atoms with Crippen molar-refractivity contribution in [2.24, 2.45) is 0 Å². The zero-order valence-corrected chi connectivity index (χ0v) is 49.6. The van der Waals surface area contributed by atoms with Crippen molar-refractivity contribution in [2.45, 2.75) is 322 Å². The maximum Gasteiger partial charge on any atom is 0.306 e. The number of unbranched alkanes of at least 4 members (excludes halogenated alkanes) is 33. The van der Waals surface area contributed by atoms with Gasteiger partial charge in [-0.25, -0.2) is 0 Å². The summed E-state index contributed by atoms with van der Waals surface area (Å²) < 4.78 is 16.7. The molecular weight excluding hydrogens is 925 g/mol. The van der Waals surface area contributed by atoms with E-state index >= 15 is 0 Å². The maximum absolute atomic E-state index is 12.8. The molecule has 0 heterocycles. The number of carbonyl (C=O) groups excluding carboxylic acids is 3. The Morgan fingerprint density at radius 1 is 0.280 bits per heavy atom. The van der Waals surface area contributed by atoms with Crippen LogP contribution in [0.15, 0.2) is 85.1 Å². The predicted octanol–water partition coefficient (Wildman–Crippen LogP) is 21.9. The molecule has 0 aromatic rings. The van der Waals surface area contributed by atoms with Crippen LogP contribution in [0.3, 0.4) is 0 Å². The van der Waals surface area contributed by atoms with Crippen molar-refractivity contribution in [1.82, 2.24) is 0 Å². The van der Waals surface area contributed by atoms with E-state index in [1.54, 1.807) is 0 Å². The Labute approximate surface area is 465 Å². The van der Waals surface area contributed by atoms with E-state index in [1.807, 2.05) is 0 Å². The van der Waals surface area contributed by atoms with Crippen LogP contribution in [0.5, 0.6) is 0 Å². The smallest absolute Gasteiger partial charge is 0.306 e. The zero-order chi connectivity index (χ0) is 54.3. The highest BCUT2D eigenvalue weighted by Crippen LogP contribution is 2.17. The summed E-state index contributed by atoms with van der Waals surface area (Å²) in [5, 5.41) is 0. The minimum absolute atomic E-state index is 0.0965. The summed E-state index contributed by atoms with van der Waals surface area (Å²) in [6, 6.07) is 0. The second-order valence-electron chi connectivity index (χ2n) is 21.3. The van der Waals surface area contributed by atoms with Gasteiger partial charge in [0.2, 0.25) is 0 Å². The van der Waals surface area contributed by atoms with Gasteiger partial charge in [-0.1, -0.05) is 292 Å². The minimum Gasteiger partial charge on any atom is -0.462 e. The number of esters is 3. The van der Waals surface area contributed by atoms with E-state index < -0.39 is 6.10 Å². The van der Waals surface area contributed by atoms with Gasteiger partial charge in [0.1, 0.15) is 13.2 Å². The SMILES string of the molecule is CC/C=C\C/C=C\C/C=C\C/C=C\C/C=C\CCCC(=O)OC(COC(=O)CCCCCCC)COC(=O)CCCCCCCCCCCCCCCCCCCCCCCCC/C=C\C/C=C\CCCCCCC. The highest BCUT2D eigenvalue weighted by molar-refractivity contribution is 5.71. The number of rotatable bonds is 58. The predicted molar refractivity (Wildman–Crippen MR) is 325 cm³/mol. The van der Waals surface area contributed by atoms with Gasteiger partial charge in [-0.3, -0.25) is 14.4 Å². The molecule has 0 fully saturated rings. The first-order chi connectivity index (χ1) is 37.0. The Morgan fingerprint density at radius 3 is 0.853 bits per heavy atom. The summed E-state index contributed by atoms with van der Waals surface area (Å²) in [5.41, 5.74) is 0. The van der Waals surface area contributed by atoms with E-state index in [2.05, 4.69) is 106 Å². The van der Waals surface area contributed by atoms with Crippen LogP contribution in [0.25, 0.3) is 0 Å². The molecule has 0 aliphatic heterocycles. The summed E-state index contributed by atoms with van der Waals surface area (Å²) in [7, 11) is 0. The summed E-state index contributed by atoms with van der Waals surface area (Å²) in [4.78, 5) is 37.8. The summed E-state index contributed by atoms with van der Waals surface area (Å²) >= 11 is 0. The Balaban J connectivity index is 3.93. The molecule has 0 N–H and O–H groups in total. The molecule has 432 valence electrons. The van der Waals surface area contributed by atoms with E-state index in [1.165, 1.54) is 173 Å². The molecule has 0 amide bonds. The Morgan fingerprint density at radius 2 is 0.533 bits per heavy atom.